The predicted octanol–water partition coefficient (Wildman–Crippen LogP) is 4.49. The largest absolute Gasteiger partial charge is 0.463 e. The molecular weight excluding hydrogens is 368 g/mol. The zero-order valence-electron chi connectivity index (χ0n) is 16.1. The fourth-order valence-electron chi connectivity index (χ4n) is 2.64. The number of hydrogen-bond donors (Lipinski definition) is 1. The molecule has 2 aromatic carbocycles. The second kappa shape index (κ2) is 10.0. The van der Waals surface area contributed by atoms with Crippen LogP contribution >= 0.6 is 0 Å². The van der Waals surface area contributed by atoms with Crippen molar-refractivity contribution in [3.8, 4) is 11.3 Å². The lowest BCUT2D eigenvalue weighted by atomic mass is 10.2. The maximum absolute atomic E-state index is 12.2. The maximum atomic E-state index is 12.2. The van der Waals surface area contributed by atoms with Crippen molar-refractivity contribution in [3.63, 3.8) is 0 Å². The van der Waals surface area contributed by atoms with Crippen LogP contribution in [0.4, 0.5) is 5.69 Å². The zero-order chi connectivity index (χ0) is 20.5. The molecule has 0 saturated heterocycles. The van der Waals surface area contributed by atoms with E-state index in [-0.39, 0.29) is 18.3 Å². The Labute approximate surface area is 169 Å². The van der Waals surface area contributed by atoms with Gasteiger partial charge in [0.05, 0.1) is 12.8 Å². The fraction of sp³-hybridized carbons (Fsp3) is 0.174. The summed E-state index contributed by atoms with van der Waals surface area (Å²) >= 11 is 0. The van der Waals surface area contributed by atoms with Crippen LogP contribution in [0, 0.1) is 0 Å². The van der Waals surface area contributed by atoms with Crippen molar-refractivity contribution in [2.24, 2.45) is 0 Å². The van der Waals surface area contributed by atoms with Crippen LogP contribution in [0.25, 0.3) is 17.4 Å². The van der Waals surface area contributed by atoms with E-state index in [0.717, 1.165) is 11.1 Å². The molecule has 0 radical (unpaired) electrons. The first-order valence-electron chi connectivity index (χ1n) is 9.39. The summed E-state index contributed by atoms with van der Waals surface area (Å²) in [6.07, 6.45) is 5.39. The second-order valence-electron chi connectivity index (χ2n) is 6.24. The molecule has 148 valence electrons. The van der Waals surface area contributed by atoms with Crippen LogP contribution in [0.1, 0.15) is 24.8 Å². The summed E-state index contributed by atoms with van der Waals surface area (Å²) in [6, 6.07) is 16.9. The van der Waals surface area contributed by atoms with E-state index in [0.29, 0.717) is 30.4 Å². The maximum Gasteiger partial charge on any atom is 0.330 e. The van der Waals surface area contributed by atoms with Gasteiger partial charge in [-0.3, -0.25) is 4.79 Å². The minimum atomic E-state index is -0.383. The van der Waals surface area contributed by atoms with Crippen LogP contribution in [0.3, 0.4) is 0 Å². The summed E-state index contributed by atoms with van der Waals surface area (Å²) < 4.78 is 10.5. The second-order valence-corrected chi connectivity index (χ2v) is 6.24. The van der Waals surface area contributed by atoms with Crippen LogP contribution < -0.4 is 5.32 Å². The number of carbonyl (C=O) groups excluding carboxylic acids is 2. The molecule has 6 heteroatoms. The molecule has 0 unspecified atom stereocenters. The Hall–Kier alpha value is -3.67. The molecule has 0 atom stereocenters. The third-order valence-corrected chi connectivity index (χ3v) is 4.07. The lowest BCUT2D eigenvalue weighted by Gasteiger charge is -2.05. The van der Waals surface area contributed by atoms with E-state index in [1.54, 1.807) is 31.3 Å². The number of hydrogen-bond acceptors (Lipinski definition) is 5. The molecule has 3 aromatic rings. The number of rotatable bonds is 8. The van der Waals surface area contributed by atoms with Gasteiger partial charge in [-0.05, 0) is 30.7 Å². The lowest BCUT2D eigenvalue weighted by molar-refractivity contribution is -0.137. The predicted molar refractivity (Wildman–Crippen MR) is 111 cm³/mol. The van der Waals surface area contributed by atoms with Gasteiger partial charge in [-0.15, -0.1) is 0 Å². The molecule has 0 aliphatic rings. The molecule has 0 saturated carbocycles. The lowest BCUT2D eigenvalue weighted by Crippen LogP contribution is -2.12. The summed E-state index contributed by atoms with van der Waals surface area (Å²) in [5.74, 6) is 0.706. The Kier molecular flexibility index (Phi) is 6.95. The third kappa shape index (κ3) is 6.17. The van der Waals surface area contributed by atoms with Gasteiger partial charge in [0, 0.05) is 30.2 Å². The number of amides is 1. The van der Waals surface area contributed by atoms with Crippen molar-refractivity contribution < 1.29 is 18.7 Å². The first-order chi connectivity index (χ1) is 14.1. The number of nitrogens with one attached hydrogen (secondary N) is 1. The number of anilines is 1. The van der Waals surface area contributed by atoms with Crippen LogP contribution in [0.2, 0.25) is 0 Å². The first kappa shape index (κ1) is 20.1. The minimum absolute atomic E-state index is 0.126. The molecule has 29 heavy (non-hydrogen) atoms. The van der Waals surface area contributed by atoms with Crippen molar-refractivity contribution in [1.29, 1.82) is 0 Å². The van der Waals surface area contributed by atoms with E-state index in [9.17, 15) is 9.59 Å². The molecule has 0 aliphatic carbocycles. The molecule has 1 heterocycles. The molecule has 0 bridgehead atoms. The highest BCUT2D eigenvalue weighted by molar-refractivity contribution is 5.91. The zero-order valence-corrected chi connectivity index (χ0v) is 16.1. The quantitative estimate of drug-likeness (QED) is 0.453. The van der Waals surface area contributed by atoms with Crippen molar-refractivity contribution in [1.82, 2.24) is 4.98 Å². The van der Waals surface area contributed by atoms with E-state index in [1.807, 2.05) is 42.5 Å². The molecule has 1 amide bonds. The van der Waals surface area contributed by atoms with Crippen molar-refractivity contribution in [2.75, 3.05) is 11.9 Å². The SMILES string of the molecule is CCOC(=O)/C=C/c1ccc(NC(=O)CCc2ncc(-c3ccccc3)o2)cc1. The van der Waals surface area contributed by atoms with E-state index in [2.05, 4.69) is 10.3 Å². The van der Waals surface area contributed by atoms with E-state index < -0.39 is 0 Å². The van der Waals surface area contributed by atoms with Gasteiger partial charge in [0.2, 0.25) is 5.91 Å². The fourth-order valence-corrected chi connectivity index (χ4v) is 2.64. The van der Waals surface area contributed by atoms with Gasteiger partial charge < -0.3 is 14.5 Å². The molecule has 3 rings (SSSR count). The molecule has 0 aliphatic heterocycles. The molecule has 6 nitrogen and oxygen atoms in total. The smallest absolute Gasteiger partial charge is 0.330 e. The average molecular weight is 390 g/mol. The van der Waals surface area contributed by atoms with E-state index >= 15 is 0 Å². The average Bonchev–Trinajstić information content (AvgIpc) is 3.22. The number of esters is 1. The van der Waals surface area contributed by atoms with Crippen LogP contribution in [-0.4, -0.2) is 23.5 Å². The molecule has 0 spiro atoms. The minimum Gasteiger partial charge on any atom is -0.463 e. The topological polar surface area (TPSA) is 81.4 Å². The number of aryl methyl sites for hydroxylation is 1. The molecule has 0 fully saturated rings. The van der Waals surface area contributed by atoms with Gasteiger partial charge in [0.1, 0.15) is 0 Å². The number of benzene rings is 2. The number of nitrogens with zero attached hydrogens (tertiary/aromatic N) is 1. The highest BCUT2D eigenvalue weighted by atomic mass is 16.5. The molecule has 1 N–H and O–H groups in total. The van der Waals surface area contributed by atoms with E-state index in [1.165, 1.54) is 6.08 Å². The van der Waals surface area contributed by atoms with Crippen molar-refractivity contribution in [2.45, 2.75) is 19.8 Å². The summed E-state index contributed by atoms with van der Waals surface area (Å²) in [5.41, 5.74) is 2.47. The Morgan fingerprint density at radius 2 is 1.86 bits per heavy atom. The van der Waals surface area contributed by atoms with Gasteiger partial charge in [-0.25, -0.2) is 9.78 Å². The van der Waals surface area contributed by atoms with Crippen LogP contribution in [0.15, 0.2) is 71.3 Å². The van der Waals surface area contributed by atoms with Gasteiger partial charge in [0.25, 0.3) is 0 Å². The van der Waals surface area contributed by atoms with Crippen LogP contribution in [0.5, 0.6) is 0 Å². The molecule has 1 aromatic heterocycles. The Balaban J connectivity index is 1.48. The highest BCUT2D eigenvalue weighted by Gasteiger charge is 2.09. The van der Waals surface area contributed by atoms with Gasteiger partial charge in [-0.2, -0.15) is 0 Å². The van der Waals surface area contributed by atoms with Crippen molar-refractivity contribution >= 4 is 23.6 Å². The standard InChI is InChI=1S/C23H22N2O4/c1-2-28-23(27)15-10-17-8-11-19(12-9-17)25-21(26)13-14-22-24-16-20(29-22)18-6-4-3-5-7-18/h3-12,15-16H,2,13-14H2,1H3,(H,25,26)/b15-10+. The summed E-state index contributed by atoms with van der Waals surface area (Å²) in [7, 11) is 0. The number of oxazole rings is 1. The van der Waals surface area contributed by atoms with Crippen molar-refractivity contribution in [3.05, 3.63) is 78.3 Å². The Morgan fingerprint density at radius 3 is 2.59 bits per heavy atom. The highest BCUT2D eigenvalue weighted by Crippen LogP contribution is 2.20. The summed E-state index contributed by atoms with van der Waals surface area (Å²) in [5, 5.41) is 2.84. The Morgan fingerprint density at radius 1 is 1.10 bits per heavy atom. The number of carbonyl (C=O) groups is 2. The monoisotopic (exact) mass is 390 g/mol. The first-order valence-corrected chi connectivity index (χ1v) is 9.39. The number of aromatic nitrogens is 1. The van der Waals surface area contributed by atoms with Gasteiger partial charge in [-0.1, -0.05) is 42.5 Å². The van der Waals surface area contributed by atoms with E-state index in [4.69, 9.17) is 9.15 Å². The van der Waals surface area contributed by atoms with Gasteiger partial charge >= 0.3 is 5.97 Å². The molecular formula is C23H22N2O4. The summed E-state index contributed by atoms with van der Waals surface area (Å²) in [6.45, 7) is 2.10. The third-order valence-electron chi connectivity index (χ3n) is 4.07. The summed E-state index contributed by atoms with van der Waals surface area (Å²) in [4.78, 5) is 27.7. The van der Waals surface area contributed by atoms with Crippen LogP contribution in [-0.2, 0) is 20.7 Å². The normalized spacial score (nSPS) is 10.8. The van der Waals surface area contributed by atoms with Gasteiger partial charge in [0.15, 0.2) is 11.7 Å². The Bertz CT molecular complexity index is 976. The number of ether oxygens (including phenoxy) is 1.